The monoisotopic (exact) mass is 663 g/mol. The second-order valence-electron chi connectivity index (χ2n) is 12.6. The number of amidine groups is 1. The van der Waals surface area contributed by atoms with Crippen molar-refractivity contribution in [2.24, 2.45) is 10.7 Å². The number of benzene rings is 7. The zero-order chi connectivity index (χ0) is 33.9. The standard InChI is InChI=1S/C46H37N3S/c1-31(32-15-5-2-6-16-32)48-46(49-45(47)34-19-9-4-10-20-34)40-25-14-26-43-44(40)41-30-37(27-28-42(41)50-43)39-24-12-11-23-38(39)36-22-13-21-35(29-36)33-17-7-3-8-18-33/h2-31,45H,47H2,1H3,(H,48,49). The first-order valence-electron chi connectivity index (χ1n) is 17.0. The molecule has 2 atom stereocenters. The van der Waals surface area contributed by atoms with E-state index in [2.05, 4.69) is 164 Å². The Morgan fingerprint density at radius 3 is 1.84 bits per heavy atom. The number of aliphatic imine (C=N–C) groups is 1. The van der Waals surface area contributed by atoms with Crippen molar-refractivity contribution in [3.05, 3.63) is 193 Å². The molecule has 0 radical (unpaired) electrons. The smallest absolute Gasteiger partial charge is 0.131 e. The highest BCUT2D eigenvalue weighted by Crippen LogP contribution is 2.41. The quantitative estimate of drug-likeness (QED) is 0.0966. The molecular weight excluding hydrogens is 627 g/mol. The molecule has 2 unspecified atom stereocenters. The molecule has 0 saturated heterocycles. The first-order chi connectivity index (χ1) is 24.6. The second kappa shape index (κ2) is 14.0. The van der Waals surface area contributed by atoms with Gasteiger partial charge in [0.25, 0.3) is 0 Å². The zero-order valence-corrected chi connectivity index (χ0v) is 28.6. The summed E-state index contributed by atoms with van der Waals surface area (Å²) in [5.74, 6) is 0.784. The molecule has 0 saturated carbocycles. The van der Waals surface area contributed by atoms with E-state index in [-0.39, 0.29) is 6.04 Å². The average Bonchev–Trinajstić information content (AvgIpc) is 3.57. The minimum atomic E-state index is -0.424. The summed E-state index contributed by atoms with van der Waals surface area (Å²) in [7, 11) is 0. The third kappa shape index (κ3) is 6.35. The Hall–Kier alpha value is -5.81. The number of rotatable bonds is 8. The lowest BCUT2D eigenvalue weighted by Crippen LogP contribution is -2.35. The van der Waals surface area contributed by atoms with Gasteiger partial charge in [-0.15, -0.1) is 11.3 Å². The van der Waals surface area contributed by atoms with Crippen LogP contribution in [0.1, 0.15) is 35.8 Å². The molecule has 8 rings (SSSR count). The van der Waals surface area contributed by atoms with Crippen molar-refractivity contribution in [3.63, 3.8) is 0 Å². The fourth-order valence-corrected chi connectivity index (χ4v) is 7.86. The van der Waals surface area contributed by atoms with Gasteiger partial charge in [0.2, 0.25) is 0 Å². The van der Waals surface area contributed by atoms with E-state index < -0.39 is 6.17 Å². The highest BCUT2D eigenvalue weighted by Gasteiger charge is 2.19. The molecule has 0 amide bonds. The van der Waals surface area contributed by atoms with Gasteiger partial charge in [0.05, 0.1) is 6.04 Å². The molecule has 1 heterocycles. The Bertz CT molecular complexity index is 2430. The van der Waals surface area contributed by atoms with Crippen molar-refractivity contribution in [1.29, 1.82) is 0 Å². The number of nitrogens with zero attached hydrogens (tertiary/aromatic N) is 1. The first kappa shape index (κ1) is 31.5. The lowest BCUT2D eigenvalue weighted by Gasteiger charge is -2.20. The summed E-state index contributed by atoms with van der Waals surface area (Å²) in [6.07, 6.45) is -0.424. The maximum atomic E-state index is 6.81. The Morgan fingerprint density at radius 1 is 0.540 bits per heavy atom. The van der Waals surface area contributed by atoms with Crippen LogP contribution in [0, 0.1) is 0 Å². The van der Waals surface area contributed by atoms with Crippen molar-refractivity contribution in [2.45, 2.75) is 19.1 Å². The molecule has 3 N–H and O–H groups in total. The van der Waals surface area contributed by atoms with Gasteiger partial charge in [0.15, 0.2) is 0 Å². The highest BCUT2D eigenvalue weighted by atomic mass is 32.1. The van der Waals surface area contributed by atoms with Gasteiger partial charge in [0, 0.05) is 25.7 Å². The molecule has 50 heavy (non-hydrogen) atoms. The van der Waals surface area contributed by atoms with Crippen LogP contribution in [-0.2, 0) is 0 Å². The largest absolute Gasteiger partial charge is 0.351 e. The lowest BCUT2D eigenvalue weighted by molar-refractivity contribution is 0.672. The van der Waals surface area contributed by atoms with Gasteiger partial charge in [-0.3, -0.25) is 4.99 Å². The zero-order valence-electron chi connectivity index (χ0n) is 27.8. The molecule has 0 fully saturated rings. The molecule has 8 aromatic rings. The molecule has 0 aliphatic rings. The molecule has 0 aliphatic carbocycles. The maximum absolute atomic E-state index is 6.81. The van der Waals surface area contributed by atoms with Crippen molar-refractivity contribution < 1.29 is 0 Å². The molecule has 3 nitrogen and oxygen atoms in total. The van der Waals surface area contributed by atoms with E-state index >= 15 is 0 Å². The van der Waals surface area contributed by atoms with Crippen LogP contribution >= 0.6 is 11.3 Å². The Labute approximate surface area is 297 Å². The van der Waals surface area contributed by atoms with E-state index in [4.69, 9.17) is 10.7 Å². The van der Waals surface area contributed by atoms with Crippen LogP contribution in [0.3, 0.4) is 0 Å². The van der Waals surface area contributed by atoms with Crippen LogP contribution in [0.25, 0.3) is 53.6 Å². The number of nitrogens with two attached hydrogens (primary N) is 1. The predicted molar refractivity (Wildman–Crippen MR) is 214 cm³/mol. The van der Waals surface area contributed by atoms with E-state index in [0.717, 1.165) is 22.5 Å². The second-order valence-corrected chi connectivity index (χ2v) is 13.7. The van der Waals surface area contributed by atoms with Gasteiger partial charge in [-0.05, 0) is 75.7 Å². The third-order valence-corrected chi connectivity index (χ3v) is 10.5. The number of thiophene rings is 1. The average molecular weight is 664 g/mol. The summed E-state index contributed by atoms with van der Waals surface area (Å²) in [4.78, 5) is 5.32. The summed E-state index contributed by atoms with van der Waals surface area (Å²) in [5, 5.41) is 6.02. The molecule has 7 aromatic carbocycles. The number of fused-ring (bicyclic) bond motifs is 3. The highest BCUT2D eigenvalue weighted by molar-refractivity contribution is 7.25. The summed E-state index contributed by atoms with van der Waals surface area (Å²) in [5.41, 5.74) is 17.2. The Morgan fingerprint density at radius 2 is 1.12 bits per heavy atom. The van der Waals surface area contributed by atoms with Crippen LogP contribution < -0.4 is 11.1 Å². The van der Waals surface area contributed by atoms with Crippen molar-refractivity contribution in [1.82, 2.24) is 5.32 Å². The molecule has 242 valence electrons. The predicted octanol–water partition coefficient (Wildman–Crippen LogP) is 11.8. The molecule has 0 spiro atoms. The van der Waals surface area contributed by atoms with Gasteiger partial charge in [-0.2, -0.15) is 0 Å². The van der Waals surface area contributed by atoms with Gasteiger partial charge < -0.3 is 11.1 Å². The molecule has 0 aliphatic heterocycles. The van der Waals surface area contributed by atoms with E-state index in [1.54, 1.807) is 0 Å². The van der Waals surface area contributed by atoms with Gasteiger partial charge in [-0.25, -0.2) is 0 Å². The number of hydrogen-bond acceptors (Lipinski definition) is 3. The van der Waals surface area contributed by atoms with Crippen LogP contribution in [0.5, 0.6) is 0 Å². The van der Waals surface area contributed by atoms with Gasteiger partial charge >= 0.3 is 0 Å². The van der Waals surface area contributed by atoms with Crippen LogP contribution in [-0.4, -0.2) is 5.84 Å². The van der Waals surface area contributed by atoms with Crippen molar-refractivity contribution in [2.75, 3.05) is 0 Å². The molecular formula is C46H37N3S. The fourth-order valence-electron chi connectivity index (χ4n) is 6.75. The Balaban J connectivity index is 1.26. The van der Waals surface area contributed by atoms with Crippen LogP contribution in [0.2, 0.25) is 0 Å². The summed E-state index contributed by atoms with van der Waals surface area (Å²) >= 11 is 1.81. The van der Waals surface area contributed by atoms with Gasteiger partial charge in [0.1, 0.15) is 12.0 Å². The topological polar surface area (TPSA) is 50.4 Å². The third-order valence-electron chi connectivity index (χ3n) is 9.32. The minimum absolute atomic E-state index is 0.0732. The van der Waals surface area contributed by atoms with E-state index in [9.17, 15) is 0 Å². The fraction of sp³-hybridized carbons (Fsp3) is 0.0652. The van der Waals surface area contributed by atoms with E-state index in [1.165, 1.54) is 53.6 Å². The molecule has 4 heteroatoms. The van der Waals surface area contributed by atoms with E-state index in [1.807, 2.05) is 35.6 Å². The van der Waals surface area contributed by atoms with Crippen molar-refractivity contribution in [3.8, 4) is 33.4 Å². The molecule has 1 aromatic heterocycles. The summed E-state index contributed by atoms with van der Waals surface area (Å²) in [6.45, 7) is 2.14. The lowest BCUT2D eigenvalue weighted by atomic mass is 9.92. The van der Waals surface area contributed by atoms with Crippen LogP contribution in [0.15, 0.2) is 181 Å². The van der Waals surface area contributed by atoms with E-state index in [0.29, 0.717) is 0 Å². The van der Waals surface area contributed by atoms with Crippen LogP contribution in [0.4, 0.5) is 0 Å². The number of nitrogens with one attached hydrogen (secondary N) is 1. The Kier molecular flexibility index (Phi) is 8.79. The maximum Gasteiger partial charge on any atom is 0.131 e. The van der Waals surface area contributed by atoms with Gasteiger partial charge in [-0.1, -0.05) is 152 Å². The normalized spacial score (nSPS) is 13.0. The summed E-state index contributed by atoms with van der Waals surface area (Å²) in [6, 6.07) is 62.0. The number of hydrogen-bond donors (Lipinski definition) is 2. The molecule has 0 bridgehead atoms. The summed E-state index contributed by atoms with van der Waals surface area (Å²) < 4.78 is 2.45. The van der Waals surface area contributed by atoms with Crippen molar-refractivity contribution >= 4 is 37.3 Å². The minimum Gasteiger partial charge on any atom is -0.351 e. The first-order valence-corrected chi connectivity index (χ1v) is 17.8. The SMILES string of the molecule is CC(/N=C(\NC(N)c1ccccc1)c1cccc2sc3ccc(-c4ccccc4-c4cccc(-c5ccccc5)c4)cc3c12)c1ccccc1.